The number of hydrogen-bond acceptors (Lipinski definition) is 4. The van der Waals surface area contributed by atoms with Gasteiger partial charge >= 0.3 is 0 Å². The predicted octanol–water partition coefficient (Wildman–Crippen LogP) is 2.97. The third-order valence-electron chi connectivity index (χ3n) is 2.58. The van der Waals surface area contributed by atoms with Gasteiger partial charge in [-0.25, -0.2) is 0 Å². The number of aromatic amines is 1. The maximum Gasteiger partial charge on any atom is 0.194 e. The van der Waals surface area contributed by atoms with Crippen LogP contribution in [-0.2, 0) is 0 Å². The molecule has 0 aliphatic rings. The van der Waals surface area contributed by atoms with Crippen LogP contribution in [0.2, 0.25) is 5.02 Å². The first-order valence-electron chi connectivity index (χ1n) is 5.26. The Morgan fingerprint density at radius 2 is 2.17 bits per heavy atom. The van der Waals surface area contributed by atoms with Crippen LogP contribution in [0.4, 0.5) is 5.82 Å². The molecule has 3 N–H and O–H groups in total. The summed E-state index contributed by atoms with van der Waals surface area (Å²) in [6, 6.07) is 9.14. The molecule has 5 nitrogen and oxygen atoms in total. The summed E-state index contributed by atoms with van der Waals surface area (Å²) >= 11 is 5.98. The van der Waals surface area contributed by atoms with Crippen molar-refractivity contribution in [2.75, 3.05) is 5.73 Å². The molecule has 2 heterocycles. The fourth-order valence-electron chi connectivity index (χ4n) is 1.79. The van der Waals surface area contributed by atoms with Gasteiger partial charge in [0.25, 0.3) is 0 Å². The number of H-pyrrole nitrogens is 1. The highest BCUT2D eigenvalue weighted by Crippen LogP contribution is 2.36. The van der Waals surface area contributed by atoms with Gasteiger partial charge in [-0.1, -0.05) is 28.9 Å². The van der Waals surface area contributed by atoms with Gasteiger partial charge < -0.3 is 10.3 Å². The first-order valence-corrected chi connectivity index (χ1v) is 5.64. The van der Waals surface area contributed by atoms with Crippen LogP contribution in [-0.4, -0.2) is 15.4 Å². The van der Waals surface area contributed by atoms with Crippen LogP contribution < -0.4 is 5.73 Å². The predicted molar refractivity (Wildman–Crippen MR) is 68.9 cm³/mol. The largest absolute Gasteiger partial charge is 0.380 e. The standard InChI is InChI=1S/C12H9ClN4O/c13-8-3-1-2-7(6-8)10-11(18-17-12(10)14)9-4-5-15-16-9/h1-6H,(H2,14,17)(H,15,16). The van der Waals surface area contributed by atoms with Gasteiger partial charge in [-0.05, 0) is 23.8 Å². The molecule has 0 aliphatic carbocycles. The van der Waals surface area contributed by atoms with Crippen LogP contribution >= 0.6 is 11.6 Å². The number of nitrogens with two attached hydrogens (primary N) is 1. The number of halogens is 1. The highest BCUT2D eigenvalue weighted by Gasteiger charge is 2.18. The van der Waals surface area contributed by atoms with Crippen molar-refractivity contribution < 1.29 is 4.52 Å². The normalized spacial score (nSPS) is 10.7. The molecule has 6 heteroatoms. The van der Waals surface area contributed by atoms with Crippen LogP contribution in [0.1, 0.15) is 0 Å². The van der Waals surface area contributed by atoms with Crippen molar-refractivity contribution in [2.24, 2.45) is 0 Å². The van der Waals surface area contributed by atoms with E-state index in [4.69, 9.17) is 21.9 Å². The van der Waals surface area contributed by atoms with Crippen molar-refractivity contribution in [3.63, 3.8) is 0 Å². The van der Waals surface area contributed by atoms with Gasteiger partial charge in [-0.3, -0.25) is 5.10 Å². The van der Waals surface area contributed by atoms with Crippen molar-refractivity contribution in [2.45, 2.75) is 0 Å². The Balaban J connectivity index is 2.20. The molecule has 0 spiro atoms. The molecule has 0 saturated carbocycles. The lowest BCUT2D eigenvalue weighted by atomic mass is 10.0. The number of aromatic nitrogens is 3. The molecular weight excluding hydrogens is 252 g/mol. The second-order valence-electron chi connectivity index (χ2n) is 3.75. The van der Waals surface area contributed by atoms with Crippen molar-refractivity contribution in [3.05, 3.63) is 41.6 Å². The minimum Gasteiger partial charge on any atom is -0.380 e. The number of rotatable bonds is 2. The van der Waals surface area contributed by atoms with Crippen molar-refractivity contribution in [3.8, 4) is 22.6 Å². The average Bonchev–Trinajstić information content (AvgIpc) is 2.97. The third kappa shape index (κ3) is 1.74. The summed E-state index contributed by atoms with van der Waals surface area (Å²) in [6.07, 6.45) is 1.63. The fraction of sp³-hybridized carbons (Fsp3) is 0. The molecule has 3 aromatic rings. The summed E-state index contributed by atoms with van der Waals surface area (Å²) in [5.41, 5.74) is 8.13. The van der Waals surface area contributed by atoms with Gasteiger partial charge in [0.15, 0.2) is 11.6 Å². The number of benzene rings is 1. The zero-order valence-electron chi connectivity index (χ0n) is 9.22. The molecule has 0 bridgehead atoms. The molecule has 0 atom stereocenters. The topological polar surface area (TPSA) is 80.7 Å². The van der Waals surface area contributed by atoms with Gasteiger partial charge in [-0.2, -0.15) is 5.10 Å². The molecule has 0 aliphatic heterocycles. The Bertz CT molecular complexity index is 675. The first kappa shape index (κ1) is 10.9. The Morgan fingerprint density at radius 3 is 2.89 bits per heavy atom. The van der Waals surface area contributed by atoms with E-state index in [9.17, 15) is 0 Å². The summed E-state index contributed by atoms with van der Waals surface area (Å²) in [7, 11) is 0. The number of nitrogens with zero attached hydrogens (tertiary/aromatic N) is 2. The molecule has 18 heavy (non-hydrogen) atoms. The average molecular weight is 261 g/mol. The van der Waals surface area contributed by atoms with Crippen LogP contribution in [0.3, 0.4) is 0 Å². The molecule has 2 aromatic heterocycles. The molecule has 0 radical (unpaired) electrons. The van der Waals surface area contributed by atoms with Gasteiger partial charge in [0.05, 0.1) is 5.56 Å². The minimum atomic E-state index is 0.321. The van der Waals surface area contributed by atoms with E-state index < -0.39 is 0 Å². The van der Waals surface area contributed by atoms with E-state index >= 15 is 0 Å². The van der Waals surface area contributed by atoms with E-state index in [1.54, 1.807) is 18.3 Å². The van der Waals surface area contributed by atoms with Crippen molar-refractivity contribution >= 4 is 17.4 Å². The second kappa shape index (κ2) is 4.19. The van der Waals surface area contributed by atoms with E-state index in [0.717, 1.165) is 5.56 Å². The summed E-state index contributed by atoms with van der Waals surface area (Å²) < 4.78 is 5.24. The van der Waals surface area contributed by atoms with Crippen LogP contribution in [0.5, 0.6) is 0 Å². The SMILES string of the molecule is Nc1noc(-c2ccn[nH]2)c1-c1cccc(Cl)c1. The van der Waals surface area contributed by atoms with E-state index in [1.165, 1.54) is 0 Å². The Kier molecular flexibility index (Phi) is 2.53. The number of anilines is 1. The molecule has 3 rings (SSSR count). The maximum atomic E-state index is 5.98. The van der Waals surface area contributed by atoms with Crippen LogP contribution in [0.15, 0.2) is 41.1 Å². The van der Waals surface area contributed by atoms with Gasteiger partial charge in [-0.15, -0.1) is 0 Å². The van der Waals surface area contributed by atoms with E-state index in [1.807, 2.05) is 18.2 Å². The molecule has 0 saturated heterocycles. The summed E-state index contributed by atoms with van der Waals surface area (Å²) in [6.45, 7) is 0. The summed E-state index contributed by atoms with van der Waals surface area (Å²) in [4.78, 5) is 0. The van der Waals surface area contributed by atoms with Gasteiger partial charge in [0.1, 0.15) is 5.69 Å². The minimum absolute atomic E-state index is 0.321. The van der Waals surface area contributed by atoms with E-state index in [-0.39, 0.29) is 0 Å². The van der Waals surface area contributed by atoms with Gasteiger partial charge in [0, 0.05) is 11.2 Å². The van der Waals surface area contributed by atoms with Crippen LogP contribution in [0.25, 0.3) is 22.6 Å². The smallest absolute Gasteiger partial charge is 0.194 e. The highest BCUT2D eigenvalue weighted by molar-refractivity contribution is 6.30. The highest BCUT2D eigenvalue weighted by atomic mass is 35.5. The maximum absolute atomic E-state index is 5.98. The van der Waals surface area contributed by atoms with Gasteiger partial charge in [0.2, 0.25) is 0 Å². The Morgan fingerprint density at radius 1 is 1.28 bits per heavy atom. The summed E-state index contributed by atoms with van der Waals surface area (Å²) in [5.74, 6) is 0.870. The van der Waals surface area contributed by atoms with Crippen LogP contribution in [0, 0.1) is 0 Å². The Hall–Kier alpha value is -2.27. The lowest BCUT2D eigenvalue weighted by Crippen LogP contribution is -1.89. The van der Waals surface area contributed by atoms with E-state index in [0.29, 0.717) is 27.9 Å². The monoisotopic (exact) mass is 260 g/mol. The molecule has 0 unspecified atom stereocenters. The number of hydrogen-bond donors (Lipinski definition) is 2. The molecule has 1 aromatic carbocycles. The first-order chi connectivity index (χ1) is 8.75. The Labute approximate surface area is 108 Å². The molecular formula is C12H9ClN4O. The van der Waals surface area contributed by atoms with Crippen molar-refractivity contribution in [1.82, 2.24) is 15.4 Å². The number of nitrogen functional groups attached to an aromatic ring is 1. The summed E-state index contributed by atoms with van der Waals surface area (Å²) in [5, 5.41) is 11.1. The molecule has 90 valence electrons. The number of nitrogens with one attached hydrogen (secondary N) is 1. The van der Waals surface area contributed by atoms with E-state index in [2.05, 4.69) is 15.4 Å². The zero-order valence-corrected chi connectivity index (χ0v) is 9.98. The lowest BCUT2D eigenvalue weighted by molar-refractivity contribution is 0.435. The fourth-order valence-corrected chi connectivity index (χ4v) is 1.98. The van der Waals surface area contributed by atoms with Crippen molar-refractivity contribution in [1.29, 1.82) is 0 Å². The third-order valence-corrected chi connectivity index (χ3v) is 2.81. The zero-order chi connectivity index (χ0) is 12.5. The second-order valence-corrected chi connectivity index (χ2v) is 4.19. The quantitative estimate of drug-likeness (QED) is 0.742. The molecule has 0 fully saturated rings. The lowest BCUT2D eigenvalue weighted by Gasteiger charge is -2.01. The molecule has 0 amide bonds.